The molecule has 1 saturated heterocycles. The van der Waals surface area contributed by atoms with E-state index in [0.717, 1.165) is 50.3 Å². The number of rotatable bonds is 4. The zero-order valence-electron chi connectivity index (χ0n) is 10.3. The van der Waals surface area contributed by atoms with E-state index < -0.39 is 12.0 Å². The molecule has 0 aromatic carbocycles. The summed E-state index contributed by atoms with van der Waals surface area (Å²) in [7, 11) is 0. The van der Waals surface area contributed by atoms with E-state index in [4.69, 9.17) is 0 Å². The third-order valence-electron chi connectivity index (χ3n) is 3.48. The van der Waals surface area contributed by atoms with Crippen LogP contribution in [-0.4, -0.2) is 34.5 Å². The molecule has 1 aliphatic carbocycles. The molecule has 8 heteroatoms. The van der Waals surface area contributed by atoms with Gasteiger partial charge in [0.2, 0.25) is 11.0 Å². The minimum atomic E-state index is -4.45. The second kappa shape index (κ2) is 4.90. The molecule has 0 amide bonds. The Morgan fingerprint density at radius 3 is 2.63 bits per heavy atom. The lowest BCUT2D eigenvalue weighted by molar-refractivity contribution is -0.144. The molecule has 1 aromatic rings. The van der Waals surface area contributed by atoms with Crippen molar-refractivity contribution in [2.24, 2.45) is 0 Å². The predicted octanol–water partition coefficient (Wildman–Crippen LogP) is 2.28. The average molecular weight is 292 g/mol. The van der Waals surface area contributed by atoms with Gasteiger partial charge >= 0.3 is 6.18 Å². The van der Waals surface area contributed by atoms with Crippen molar-refractivity contribution in [2.45, 2.75) is 43.9 Å². The summed E-state index contributed by atoms with van der Waals surface area (Å²) < 4.78 is 41.0. The van der Waals surface area contributed by atoms with Gasteiger partial charge in [0.15, 0.2) is 0 Å². The summed E-state index contributed by atoms with van der Waals surface area (Å²) >= 11 is 0.853. The van der Waals surface area contributed by atoms with Gasteiger partial charge in [-0.1, -0.05) is 0 Å². The molecule has 2 fully saturated rings. The summed E-state index contributed by atoms with van der Waals surface area (Å²) in [5, 5.41) is 3.78. The van der Waals surface area contributed by atoms with Gasteiger partial charge in [-0.05, 0) is 32.2 Å². The Hall–Kier alpha value is -0.890. The van der Waals surface area contributed by atoms with Crippen molar-refractivity contribution in [1.29, 1.82) is 0 Å². The highest BCUT2D eigenvalue weighted by Crippen LogP contribution is 2.36. The summed E-state index contributed by atoms with van der Waals surface area (Å²) in [6.07, 6.45) is -0.169. The van der Waals surface area contributed by atoms with Crippen molar-refractivity contribution in [3.8, 4) is 0 Å². The van der Waals surface area contributed by atoms with Gasteiger partial charge in [-0.3, -0.25) is 0 Å². The first-order chi connectivity index (χ1) is 9.04. The second-order valence-electron chi connectivity index (χ2n) is 5.08. The molecular formula is C11H15F3N4S. The molecule has 1 N–H and O–H groups in total. The smallest absolute Gasteiger partial charge is 0.342 e. The number of nitrogens with one attached hydrogen (secondary N) is 1. The lowest BCUT2D eigenvalue weighted by Gasteiger charge is -2.24. The van der Waals surface area contributed by atoms with Crippen molar-refractivity contribution < 1.29 is 13.2 Å². The number of halogens is 3. The molecule has 1 atom stereocenters. The first kappa shape index (κ1) is 13.1. The largest absolute Gasteiger partial charge is 0.452 e. The van der Waals surface area contributed by atoms with Gasteiger partial charge in [0, 0.05) is 30.2 Å². The van der Waals surface area contributed by atoms with E-state index in [1.807, 2.05) is 4.90 Å². The summed E-state index contributed by atoms with van der Waals surface area (Å²) in [5.41, 5.74) is 0. The average Bonchev–Trinajstić information content (AvgIpc) is 2.87. The zero-order valence-corrected chi connectivity index (χ0v) is 11.1. The maximum atomic E-state index is 12.5. The Balaban J connectivity index is 1.74. The fraction of sp³-hybridized carbons (Fsp3) is 0.818. The molecule has 0 radical (unpaired) electrons. The molecule has 2 aliphatic rings. The number of aromatic nitrogens is 2. The Bertz CT molecular complexity index is 437. The SMILES string of the molecule is FC(F)(F)c1nsc(N(CC2CCCN2)C2CC2)n1. The molecule has 4 nitrogen and oxygen atoms in total. The Morgan fingerprint density at radius 2 is 2.11 bits per heavy atom. The minimum Gasteiger partial charge on any atom is -0.342 e. The fourth-order valence-corrected chi connectivity index (χ4v) is 3.14. The van der Waals surface area contributed by atoms with Crippen molar-refractivity contribution >= 4 is 16.7 Å². The second-order valence-corrected chi connectivity index (χ2v) is 5.81. The maximum absolute atomic E-state index is 12.5. The van der Waals surface area contributed by atoms with E-state index in [9.17, 15) is 13.2 Å². The molecule has 1 aromatic heterocycles. The van der Waals surface area contributed by atoms with Crippen LogP contribution in [0.15, 0.2) is 0 Å². The molecule has 2 heterocycles. The van der Waals surface area contributed by atoms with E-state index in [1.54, 1.807) is 0 Å². The molecule has 0 spiro atoms. The van der Waals surface area contributed by atoms with Crippen LogP contribution in [-0.2, 0) is 6.18 Å². The van der Waals surface area contributed by atoms with Crippen molar-refractivity contribution in [2.75, 3.05) is 18.0 Å². The summed E-state index contributed by atoms with van der Waals surface area (Å²) in [6.45, 7) is 1.73. The summed E-state index contributed by atoms with van der Waals surface area (Å²) in [6, 6.07) is 0.704. The summed E-state index contributed by atoms with van der Waals surface area (Å²) in [5.74, 6) is -1.02. The molecule has 1 saturated carbocycles. The minimum absolute atomic E-state index is 0.344. The van der Waals surface area contributed by atoms with E-state index in [0.29, 0.717) is 17.2 Å². The molecule has 19 heavy (non-hydrogen) atoms. The van der Waals surface area contributed by atoms with Gasteiger partial charge in [-0.2, -0.15) is 22.5 Å². The van der Waals surface area contributed by atoms with Gasteiger partial charge < -0.3 is 10.2 Å². The van der Waals surface area contributed by atoms with Crippen LogP contribution in [0.3, 0.4) is 0 Å². The van der Waals surface area contributed by atoms with Gasteiger partial charge in [0.05, 0.1) is 0 Å². The monoisotopic (exact) mass is 292 g/mol. The molecule has 0 bridgehead atoms. The topological polar surface area (TPSA) is 41.1 Å². The number of hydrogen-bond acceptors (Lipinski definition) is 5. The number of anilines is 1. The van der Waals surface area contributed by atoms with Gasteiger partial charge in [0.25, 0.3) is 0 Å². The first-order valence-electron chi connectivity index (χ1n) is 6.45. The van der Waals surface area contributed by atoms with Crippen molar-refractivity contribution in [3.63, 3.8) is 0 Å². The Morgan fingerprint density at radius 1 is 1.32 bits per heavy atom. The van der Waals surface area contributed by atoms with Crippen LogP contribution in [0.25, 0.3) is 0 Å². The summed E-state index contributed by atoms with van der Waals surface area (Å²) in [4.78, 5) is 5.66. The number of nitrogens with zero attached hydrogens (tertiary/aromatic N) is 3. The van der Waals surface area contributed by atoms with Crippen LogP contribution >= 0.6 is 11.5 Å². The predicted molar refractivity (Wildman–Crippen MR) is 66.3 cm³/mol. The van der Waals surface area contributed by atoms with Gasteiger partial charge in [0.1, 0.15) is 0 Å². The highest BCUT2D eigenvalue weighted by Gasteiger charge is 2.39. The number of hydrogen-bond donors (Lipinski definition) is 1. The standard InChI is InChI=1S/C11H15F3N4S/c12-11(13,14)9-16-10(19-17-9)18(8-3-4-8)6-7-2-1-5-15-7/h7-8,15H,1-6H2. The lowest BCUT2D eigenvalue weighted by Crippen LogP contribution is -2.39. The van der Waals surface area contributed by atoms with Crippen LogP contribution in [0.5, 0.6) is 0 Å². The lowest BCUT2D eigenvalue weighted by atomic mass is 10.2. The third-order valence-corrected chi connectivity index (χ3v) is 4.23. The van der Waals surface area contributed by atoms with E-state index in [1.165, 1.54) is 0 Å². The number of alkyl halides is 3. The normalized spacial score (nSPS) is 23.8. The third kappa shape index (κ3) is 3.00. The Labute approximate surface area is 113 Å². The molecule has 1 aliphatic heterocycles. The van der Waals surface area contributed by atoms with E-state index >= 15 is 0 Å². The highest BCUT2D eigenvalue weighted by atomic mass is 32.1. The van der Waals surface area contributed by atoms with E-state index in [-0.39, 0.29) is 0 Å². The molecule has 3 rings (SSSR count). The first-order valence-corrected chi connectivity index (χ1v) is 7.22. The van der Waals surface area contributed by atoms with Crippen molar-refractivity contribution in [1.82, 2.24) is 14.7 Å². The molecule has 106 valence electrons. The maximum Gasteiger partial charge on any atom is 0.452 e. The van der Waals surface area contributed by atoms with Crippen LogP contribution in [0.1, 0.15) is 31.5 Å². The highest BCUT2D eigenvalue weighted by molar-refractivity contribution is 7.09. The van der Waals surface area contributed by atoms with Crippen molar-refractivity contribution in [3.05, 3.63) is 5.82 Å². The van der Waals surface area contributed by atoms with Crippen LogP contribution in [0, 0.1) is 0 Å². The van der Waals surface area contributed by atoms with Crippen LogP contribution in [0.4, 0.5) is 18.3 Å². The Kier molecular flexibility index (Phi) is 3.38. The van der Waals surface area contributed by atoms with Crippen LogP contribution in [0.2, 0.25) is 0 Å². The van der Waals surface area contributed by atoms with Gasteiger partial charge in [-0.25, -0.2) is 0 Å². The molecule has 1 unspecified atom stereocenters. The van der Waals surface area contributed by atoms with Crippen LogP contribution < -0.4 is 10.2 Å². The van der Waals surface area contributed by atoms with Gasteiger partial charge in [-0.15, -0.1) is 0 Å². The zero-order chi connectivity index (χ0) is 13.5. The van der Waals surface area contributed by atoms with E-state index in [2.05, 4.69) is 14.7 Å². The fourth-order valence-electron chi connectivity index (χ4n) is 2.37. The quantitative estimate of drug-likeness (QED) is 0.924. The molecular weight excluding hydrogens is 277 g/mol.